The molecule has 1 aliphatic carbocycles. The van der Waals surface area contributed by atoms with Crippen molar-refractivity contribution < 1.29 is 14.1 Å². The molecule has 98 valence electrons. The van der Waals surface area contributed by atoms with E-state index in [1.54, 1.807) is 0 Å². The Labute approximate surface area is 104 Å². The van der Waals surface area contributed by atoms with Gasteiger partial charge in [0.15, 0.2) is 0 Å². The molecule has 6 heteroatoms. The minimum absolute atomic E-state index is 0.252. The molecule has 0 amide bonds. The summed E-state index contributed by atoms with van der Waals surface area (Å²) in [5.74, 6) is 0.533. The molecule has 1 saturated heterocycles. The van der Waals surface area contributed by atoms with Gasteiger partial charge in [-0.3, -0.25) is 13.9 Å². The zero-order valence-electron chi connectivity index (χ0n) is 9.93. The minimum Gasteiger partial charge on any atom is -0.480 e. The van der Waals surface area contributed by atoms with Gasteiger partial charge in [-0.05, 0) is 25.7 Å². The summed E-state index contributed by atoms with van der Waals surface area (Å²) in [6, 6.07) is 0.252. The van der Waals surface area contributed by atoms with Crippen LogP contribution in [0.2, 0.25) is 0 Å². The summed E-state index contributed by atoms with van der Waals surface area (Å²) >= 11 is 0. The standard InChI is InChI=1S/C11H20N2O3S/c12-11(10(14)15)3-1-2-9(8-11)13-4-6-17(16)7-5-13/h9H,1-8,12H2,(H,14,15). The van der Waals surface area contributed by atoms with Crippen molar-refractivity contribution in [3.8, 4) is 0 Å². The third kappa shape index (κ3) is 2.86. The zero-order valence-corrected chi connectivity index (χ0v) is 10.7. The summed E-state index contributed by atoms with van der Waals surface area (Å²) in [5, 5.41) is 9.16. The molecule has 1 saturated carbocycles. The second kappa shape index (κ2) is 5.04. The Balaban J connectivity index is 1.97. The molecule has 2 aliphatic rings. The Bertz CT molecular complexity index is 327. The number of hydrogen-bond donors (Lipinski definition) is 2. The fourth-order valence-electron chi connectivity index (χ4n) is 2.80. The average Bonchev–Trinajstić information content (AvgIpc) is 2.30. The third-order valence-electron chi connectivity index (χ3n) is 3.91. The molecule has 1 heterocycles. The molecular weight excluding hydrogens is 240 g/mol. The second-order valence-electron chi connectivity index (χ2n) is 5.10. The predicted octanol–water partition coefficient (Wildman–Crippen LogP) is -0.225. The average molecular weight is 260 g/mol. The SMILES string of the molecule is NC1(C(=O)O)CCCC(N2CCS(=O)CC2)C1. The van der Waals surface area contributed by atoms with Crippen LogP contribution in [0.25, 0.3) is 0 Å². The molecule has 0 bridgehead atoms. The minimum atomic E-state index is -1.06. The fraction of sp³-hybridized carbons (Fsp3) is 0.909. The Morgan fingerprint density at radius 1 is 1.41 bits per heavy atom. The van der Waals surface area contributed by atoms with E-state index in [0.717, 1.165) is 25.9 Å². The highest BCUT2D eigenvalue weighted by Crippen LogP contribution is 2.30. The highest BCUT2D eigenvalue weighted by atomic mass is 32.2. The maximum atomic E-state index is 11.3. The predicted molar refractivity (Wildman–Crippen MR) is 66.3 cm³/mol. The summed E-state index contributed by atoms with van der Waals surface area (Å²) in [5.41, 5.74) is 4.88. The first-order chi connectivity index (χ1) is 8.01. The van der Waals surface area contributed by atoms with Gasteiger partial charge in [-0.1, -0.05) is 0 Å². The van der Waals surface area contributed by atoms with Crippen LogP contribution >= 0.6 is 0 Å². The van der Waals surface area contributed by atoms with Crippen LogP contribution in [0, 0.1) is 0 Å². The second-order valence-corrected chi connectivity index (χ2v) is 6.79. The van der Waals surface area contributed by atoms with Crippen LogP contribution < -0.4 is 5.73 Å². The van der Waals surface area contributed by atoms with Crippen LogP contribution in [0.3, 0.4) is 0 Å². The molecule has 5 nitrogen and oxygen atoms in total. The summed E-state index contributed by atoms with van der Waals surface area (Å²) in [6.45, 7) is 1.62. The largest absolute Gasteiger partial charge is 0.480 e. The molecule has 0 radical (unpaired) electrons. The molecular formula is C11H20N2O3S. The zero-order chi connectivity index (χ0) is 12.5. The number of carboxylic acid groups (broad SMARTS) is 1. The molecule has 1 aliphatic heterocycles. The third-order valence-corrected chi connectivity index (χ3v) is 5.19. The van der Waals surface area contributed by atoms with E-state index in [1.807, 2.05) is 0 Å². The lowest BCUT2D eigenvalue weighted by molar-refractivity contribution is -0.145. The van der Waals surface area contributed by atoms with E-state index in [9.17, 15) is 9.00 Å². The van der Waals surface area contributed by atoms with Crippen LogP contribution in [0.4, 0.5) is 0 Å². The lowest BCUT2D eigenvalue weighted by Crippen LogP contribution is -2.57. The number of carboxylic acids is 1. The first-order valence-electron chi connectivity index (χ1n) is 6.12. The molecule has 2 unspecified atom stereocenters. The van der Waals surface area contributed by atoms with Crippen molar-refractivity contribution in [3.63, 3.8) is 0 Å². The van der Waals surface area contributed by atoms with Gasteiger partial charge in [0.05, 0.1) is 0 Å². The van der Waals surface area contributed by atoms with Gasteiger partial charge in [-0.2, -0.15) is 0 Å². The lowest BCUT2D eigenvalue weighted by atomic mass is 9.79. The summed E-state index contributed by atoms with van der Waals surface area (Å²) in [7, 11) is -0.683. The molecule has 0 aromatic rings. The van der Waals surface area contributed by atoms with E-state index in [-0.39, 0.29) is 6.04 Å². The topological polar surface area (TPSA) is 83.6 Å². The highest BCUT2D eigenvalue weighted by molar-refractivity contribution is 7.85. The molecule has 0 spiro atoms. The molecule has 2 rings (SSSR count). The van der Waals surface area contributed by atoms with Crippen molar-refractivity contribution in [2.45, 2.75) is 37.3 Å². The number of nitrogens with zero attached hydrogens (tertiary/aromatic N) is 1. The summed E-state index contributed by atoms with van der Waals surface area (Å²) in [6.07, 6.45) is 2.97. The lowest BCUT2D eigenvalue weighted by Gasteiger charge is -2.41. The smallest absolute Gasteiger partial charge is 0.323 e. The molecule has 0 aromatic heterocycles. The van der Waals surface area contributed by atoms with Crippen molar-refractivity contribution >= 4 is 16.8 Å². The molecule has 2 atom stereocenters. The fourth-order valence-corrected chi connectivity index (χ4v) is 3.88. The monoisotopic (exact) mass is 260 g/mol. The van der Waals surface area contributed by atoms with E-state index < -0.39 is 22.3 Å². The Morgan fingerprint density at radius 3 is 2.65 bits per heavy atom. The van der Waals surface area contributed by atoms with Gasteiger partial charge in [0.2, 0.25) is 0 Å². The molecule has 17 heavy (non-hydrogen) atoms. The Morgan fingerprint density at radius 2 is 2.06 bits per heavy atom. The van der Waals surface area contributed by atoms with Gasteiger partial charge in [-0.25, -0.2) is 0 Å². The van der Waals surface area contributed by atoms with Crippen molar-refractivity contribution in [2.75, 3.05) is 24.6 Å². The van der Waals surface area contributed by atoms with E-state index >= 15 is 0 Å². The van der Waals surface area contributed by atoms with E-state index in [0.29, 0.717) is 24.3 Å². The number of aliphatic carboxylic acids is 1. The molecule has 0 aromatic carbocycles. The summed E-state index contributed by atoms with van der Waals surface area (Å²) < 4.78 is 11.3. The van der Waals surface area contributed by atoms with Gasteiger partial charge in [-0.15, -0.1) is 0 Å². The number of nitrogens with two attached hydrogens (primary N) is 1. The summed E-state index contributed by atoms with van der Waals surface area (Å²) in [4.78, 5) is 13.4. The molecule has 3 N–H and O–H groups in total. The Kier molecular flexibility index (Phi) is 3.85. The van der Waals surface area contributed by atoms with Crippen LogP contribution in [0.15, 0.2) is 0 Å². The van der Waals surface area contributed by atoms with Crippen LogP contribution in [0.5, 0.6) is 0 Å². The van der Waals surface area contributed by atoms with Crippen molar-refractivity contribution in [2.24, 2.45) is 5.73 Å². The highest BCUT2D eigenvalue weighted by Gasteiger charge is 2.41. The quantitative estimate of drug-likeness (QED) is 0.717. The van der Waals surface area contributed by atoms with Gasteiger partial charge in [0.1, 0.15) is 5.54 Å². The van der Waals surface area contributed by atoms with Gasteiger partial charge < -0.3 is 10.8 Å². The van der Waals surface area contributed by atoms with Crippen LogP contribution in [-0.2, 0) is 15.6 Å². The van der Waals surface area contributed by atoms with Crippen molar-refractivity contribution in [1.82, 2.24) is 4.90 Å². The van der Waals surface area contributed by atoms with E-state index in [1.165, 1.54) is 0 Å². The van der Waals surface area contributed by atoms with Crippen LogP contribution in [-0.4, -0.2) is 56.4 Å². The maximum absolute atomic E-state index is 11.3. The Hall–Kier alpha value is -0.460. The van der Waals surface area contributed by atoms with Gasteiger partial charge in [0, 0.05) is 41.4 Å². The van der Waals surface area contributed by atoms with Gasteiger partial charge >= 0.3 is 5.97 Å². The van der Waals surface area contributed by atoms with Crippen molar-refractivity contribution in [3.05, 3.63) is 0 Å². The number of rotatable bonds is 2. The molecule has 2 fully saturated rings. The number of hydrogen-bond acceptors (Lipinski definition) is 4. The normalized spacial score (nSPS) is 36.9. The first kappa shape index (κ1) is 13.0. The van der Waals surface area contributed by atoms with Gasteiger partial charge in [0.25, 0.3) is 0 Å². The van der Waals surface area contributed by atoms with E-state index in [2.05, 4.69) is 4.90 Å². The van der Waals surface area contributed by atoms with E-state index in [4.69, 9.17) is 10.8 Å². The maximum Gasteiger partial charge on any atom is 0.323 e. The van der Waals surface area contributed by atoms with Crippen LogP contribution in [0.1, 0.15) is 25.7 Å². The van der Waals surface area contributed by atoms with Crippen molar-refractivity contribution in [1.29, 1.82) is 0 Å². The number of carbonyl (C=O) groups is 1. The first-order valence-corrected chi connectivity index (χ1v) is 7.61.